The van der Waals surface area contributed by atoms with Crippen molar-refractivity contribution in [3.63, 3.8) is 0 Å². The smallest absolute Gasteiger partial charge is 0.227 e. The molecule has 4 rings (SSSR count). The molecule has 1 amide bonds. The fraction of sp³-hybridized carbons (Fsp3) is 0.556. The molecule has 1 saturated carbocycles. The van der Waals surface area contributed by atoms with Crippen LogP contribution in [-0.4, -0.2) is 46.4 Å². The average molecular weight is 391 g/mol. The van der Waals surface area contributed by atoms with Crippen LogP contribution in [0.25, 0.3) is 0 Å². The van der Waals surface area contributed by atoms with Crippen molar-refractivity contribution in [2.45, 2.75) is 38.0 Å². The van der Waals surface area contributed by atoms with E-state index in [-0.39, 0.29) is 17.6 Å². The number of amides is 1. The number of hydrogen-bond acceptors (Lipinski definition) is 7. The number of piperidine rings is 1. The minimum atomic E-state index is -0.0322. The van der Waals surface area contributed by atoms with E-state index in [1.807, 2.05) is 17.5 Å². The molecule has 2 fully saturated rings. The maximum absolute atomic E-state index is 12.5. The third-order valence-electron chi connectivity index (χ3n) is 4.91. The first-order valence-electron chi connectivity index (χ1n) is 9.12. The van der Waals surface area contributed by atoms with Gasteiger partial charge in [-0.1, -0.05) is 17.4 Å². The molecule has 0 bridgehead atoms. The van der Waals surface area contributed by atoms with Crippen LogP contribution in [0.1, 0.15) is 52.7 Å². The Morgan fingerprint density at radius 2 is 2.15 bits per heavy atom. The number of nitrogens with zero attached hydrogens (tertiary/aromatic N) is 3. The molecule has 8 heteroatoms. The second kappa shape index (κ2) is 7.94. The molecule has 2 aromatic heterocycles. The van der Waals surface area contributed by atoms with E-state index < -0.39 is 0 Å². The highest BCUT2D eigenvalue weighted by Gasteiger charge is 2.28. The Hall–Kier alpha value is -1.64. The molecule has 1 aliphatic carbocycles. The van der Waals surface area contributed by atoms with Gasteiger partial charge < -0.3 is 10.2 Å². The molecule has 6 nitrogen and oxygen atoms in total. The van der Waals surface area contributed by atoms with E-state index in [1.54, 1.807) is 0 Å². The molecule has 1 N–H and O–H groups in total. The zero-order chi connectivity index (χ0) is 17.9. The van der Waals surface area contributed by atoms with Crippen LogP contribution >= 0.6 is 22.7 Å². The van der Waals surface area contributed by atoms with Gasteiger partial charge in [-0.25, -0.2) is 0 Å². The zero-order valence-corrected chi connectivity index (χ0v) is 16.2. The molecule has 0 radical (unpaired) electrons. The summed E-state index contributed by atoms with van der Waals surface area (Å²) in [5, 5.41) is 14.6. The fourth-order valence-electron chi connectivity index (χ4n) is 3.31. The van der Waals surface area contributed by atoms with E-state index in [1.165, 1.54) is 35.5 Å². The Kier molecular flexibility index (Phi) is 5.42. The lowest BCUT2D eigenvalue weighted by atomic mass is 9.93. The topological polar surface area (TPSA) is 75.2 Å². The standard InChI is InChI=1S/C18H22N4O2S2/c23-15(19-18-21-20-17(26-18)12-5-6-12)7-9-22-8-1-3-13(11-22)16(24)14-4-2-10-25-14/h2,4,10,12-13H,1,3,5-9,11H2,(H,19,21,23). The van der Waals surface area contributed by atoms with Crippen molar-refractivity contribution in [3.8, 4) is 0 Å². The number of ketones is 1. The van der Waals surface area contributed by atoms with Gasteiger partial charge in [0, 0.05) is 31.3 Å². The molecular formula is C18H22N4O2S2. The number of anilines is 1. The maximum Gasteiger partial charge on any atom is 0.227 e. The van der Waals surface area contributed by atoms with E-state index in [0.717, 1.165) is 35.8 Å². The third-order valence-corrected chi connectivity index (χ3v) is 6.79. The number of likely N-dealkylation sites (tertiary alicyclic amines) is 1. The fourth-order valence-corrected chi connectivity index (χ4v) is 4.99. The van der Waals surface area contributed by atoms with Crippen LogP contribution in [0.3, 0.4) is 0 Å². The van der Waals surface area contributed by atoms with E-state index >= 15 is 0 Å². The number of nitrogens with one attached hydrogen (secondary N) is 1. The number of thiophene rings is 1. The van der Waals surface area contributed by atoms with Crippen molar-refractivity contribution in [3.05, 3.63) is 27.4 Å². The summed E-state index contributed by atoms with van der Waals surface area (Å²) < 4.78 is 0. The van der Waals surface area contributed by atoms with E-state index in [2.05, 4.69) is 20.4 Å². The molecule has 2 aliphatic rings. The second-order valence-electron chi connectivity index (χ2n) is 7.00. The van der Waals surface area contributed by atoms with Crippen LogP contribution in [0.5, 0.6) is 0 Å². The van der Waals surface area contributed by atoms with Crippen molar-refractivity contribution in [2.24, 2.45) is 5.92 Å². The lowest BCUT2D eigenvalue weighted by Gasteiger charge is -2.31. The van der Waals surface area contributed by atoms with Crippen LogP contribution in [0.4, 0.5) is 5.13 Å². The summed E-state index contributed by atoms with van der Waals surface area (Å²) in [5.74, 6) is 0.824. The Bertz CT molecular complexity index is 770. The minimum absolute atomic E-state index is 0.0322. The summed E-state index contributed by atoms with van der Waals surface area (Å²) >= 11 is 2.99. The largest absolute Gasteiger partial charge is 0.302 e. The van der Waals surface area contributed by atoms with Crippen LogP contribution in [0.2, 0.25) is 0 Å². The predicted molar refractivity (Wildman–Crippen MR) is 103 cm³/mol. The maximum atomic E-state index is 12.5. The lowest BCUT2D eigenvalue weighted by molar-refractivity contribution is -0.116. The Balaban J connectivity index is 1.24. The average Bonchev–Trinajstić information content (AvgIpc) is 3.16. The van der Waals surface area contributed by atoms with Gasteiger partial charge >= 0.3 is 0 Å². The SMILES string of the molecule is O=C(CCN1CCCC(C(=O)c2cccs2)C1)Nc1nnc(C2CC2)s1. The molecule has 0 aromatic carbocycles. The van der Waals surface area contributed by atoms with Crippen LogP contribution in [-0.2, 0) is 4.79 Å². The van der Waals surface area contributed by atoms with Gasteiger partial charge in [-0.05, 0) is 43.7 Å². The van der Waals surface area contributed by atoms with Crippen molar-refractivity contribution < 1.29 is 9.59 Å². The molecule has 3 heterocycles. The molecule has 0 spiro atoms. The first-order valence-corrected chi connectivity index (χ1v) is 10.8. The zero-order valence-electron chi connectivity index (χ0n) is 14.5. The van der Waals surface area contributed by atoms with Gasteiger partial charge in [-0.3, -0.25) is 9.59 Å². The van der Waals surface area contributed by atoms with Gasteiger partial charge in [0.1, 0.15) is 5.01 Å². The number of hydrogen-bond donors (Lipinski definition) is 1. The minimum Gasteiger partial charge on any atom is -0.302 e. The first-order chi connectivity index (χ1) is 12.7. The van der Waals surface area contributed by atoms with Gasteiger partial charge in [-0.15, -0.1) is 21.5 Å². The Labute approximate surface area is 160 Å². The summed E-state index contributed by atoms with van der Waals surface area (Å²) in [7, 11) is 0. The van der Waals surface area contributed by atoms with Gasteiger partial charge in [0.2, 0.25) is 11.0 Å². The number of carbonyl (C=O) groups excluding carboxylic acids is 2. The number of aromatic nitrogens is 2. The molecule has 138 valence electrons. The van der Waals surface area contributed by atoms with Gasteiger partial charge in [0.25, 0.3) is 0 Å². The van der Waals surface area contributed by atoms with Crippen LogP contribution < -0.4 is 5.32 Å². The van der Waals surface area contributed by atoms with Crippen molar-refractivity contribution in [1.29, 1.82) is 0 Å². The number of Topliss-reactive ketones (excluding diaryl/α,β-unsaturated/α-hetero) is 1. The van der Waals surface area contributed by atoms with E-state index in [9.17, 15) is 9.59 Å². The van der Waals surface area contributed by atoms with E-state index in [0.29, 0.717) is 24.0 Å². The monoisotopic (exact) mass is 390 g/mol. The summed E-state index contributed by atoms with van der Waals surface area (Å²) in [4.78, 5) is 27.8. The highest BCUT2D eigenvalue weighted by molar-refractivity contribution is 7.15. The molecular weight excluding hydrogens is 368 g/mol. The quantitative estimate of drug-likeness (QED) is 0.734. The molecule has 1 atom stereocenters. The molecule has 1 saturated heterocycles. The second-order valence-corrected chi connectivity index (χ2v) is 8.96. The normalized spacial score (nSPS) is 20.8. The third kappa shape index (κ3) is 4.36. The van der Waals surface area contributed by atoms with Gasteiger partial charge in [-0.2, -0.15) is 0 Å². The Morgan fingerprint density at radius 1 is 1.27 bits per heavy atom. The van der Waals surface area contributed by atoms with Crippen molar-refractivity contribution >= 4 is 39.5 Å². The van der Waals surface area contributed by atoms with Crippen LogP contribution in [0.15, 0.2) is 17.5 Å². The summed E-state index contributed by atoms with van der Waals surface area (Å²) in [6, 6.07) is 3.82. The summed E-state index contributed by atoms with van der Waals surface area (Å²) in [6.07, 6.45) is 4.72. The van der Waals surface area contributed by atoms with Crippen molar-refractivity contribution in [1.82, 2.24) is 15.1 Å². The van der Waals surface area contributed by atoms with Gasteiger partial charge in [0.05, 0.1) is 4.88 Å². The molecule has 2 aromatic rings. The lowest BCUT2D eigenvalue weighted by Crippen LogP contribution is -2.40. The first kappa shape index (κ1) is 17.8. The van der Waals surface area contributed by atoms with E-state index in [4.69, 9.17) is 0 Å². The highest BCUT2D eigenvalue weighted by Crippen LogP contribution is 2.42. The van der Waals surface area contributed by atoms with Gasteiger partial charge in [0.15, 0.2) is 5.78 Å². The highest BCUT2D eigenvalue weighted by atomic mass is 32.1. The van der Waals surface area contributed by atoms with Crippen LogP contribution in [0, 0.1) is 5.92 Å². The molecule has 26 heavy (non-hydrogen) atoms. The molecule has 1 unspecified atom stereocenters. The number of rotatable bonds is 7. The number of carbonyl (C=O) groups is 2. The Morgan fingerprint density at radius 3 is 2.92 bits per heavy atom. The molecule has 1 aliphatic heterocycles. The predicted octanol–water partition coefficient (Wildman–Crippen LogP) is 3.40. The van der Waals surface area contributed by atoms with Crippen molar-refractivity contribution in [2.75, 3.05) is 25.0 Å². The summed E-state index contributed by atoms with van der Waals surface area (Å²) in [5.41, 5.74) is 0. The summed E-state index contributed by atoms with van der Waals surface area (Å²) in [6.45, 7) is 2.37.